The largest absolute Gasteiger partial charge is 0.338 e. The fraction of sp³-hybridized carbons (Fsp3) is 0.100. The molecule has 4 aromatic rings. The number of benzene rings is 1. The van der Waals surface area contributed by atoms with Crippen molar-refractivity contribution in [3.63, 3.8) is 0 Å². The summed E-state index contributed by atoms with van der Waals surface area (Å²) in [5.41, 5.74) is 3.56. The number of nitrogens with one attached hydrogen (secondary N) is 2. The second-order valence-corrected chi connectivity index (χ2v) is 6.08. The minimum atomic E-state index is -0.326. The van der Waals surface area contributed by atoms with Gasteiger partial charge in [0.05, 0.1) is 17.4 Å². The first-order valence-electron chi connectivity index (χ1n) is 8.53. The normalized spacial score (nSPS) is 11.9. The molecule has 1 unspecified atom stereocenters. The van der Waals surface area contributed by atoms with Crippen molar-refractivity contribution in [2.45, 2.75) is 6.04 Å². The second-order valence-electron chi connectivity index (χ2n) is 6.08. The summed E-state index contributed by atoms with van der Waals surface area (Å²) in [6.45, 7) is 0. The summed E-state index contributed by atoms with van der Waals surface area (Å²) in [6.07, 6.45) is 3.41. The number of aryl methyl sites for hydroxylation is 1. The summed E-state index contributed by atoms with van der Waals surface area (Å²) in [6, 6.07) is 18.6. The van der Waals surface area contributed by atoms with Gasteiger partial charge < -0.3 is 5.32 Å². The number of rotatable bonds is 5. The molecule has 0 aliphatic heterocycles. The van der Waals surface area contributed by atoms with Crippen molar-refractivity contribution in [1.29, 1.82) is 0 Å². The van der Waals surface area contributed by atoms with Crippen LogP contribution in [-0.4, -0.2) is 30.9 Å². The van der Waals surface area contributed by atoms with Crippen LogP contribution in [0.5, 0.6) is 0 Å². The molecular weight excluding hydrogens is 340 g/mol. The van der Waals surface area contributed by atoms with Crippen molar-refractivity contribution in [3.8, 4) is 11.4 Å². The zero-order valence-electron chi connectivity index (χ0n) is 14.7. The molecule has 134 valence electrons. The van der Waals surface area contributed by atoms with Gasteiger partial charge >= 0.3 is 0 Å². The van der Waals surface area contributed by atoms with Gasteiger partial charge in [-0.1, -0.05) is 36.4 Å². The Morgan fingerprint density at radius 1 is 1.04 bits per heavy atom. The summed E-state index contributed by atoms with van der Waals surface area (Å²) in [5.74, 6) is -0.250. The lowest BCUT2D eigenvalue weighted by Gasteiger charge is -2.19. The van der Waals surface area contributed by atoms with Gasteiger partial charge in [0.15, 0.2) is 0 Å². The number of pyridine rings is 1. The number of amides is 1. The molecule has 1 atom stereocenters. The van der Waals surface area contributed by atoms with Gasteiger partial charge in [-0.15, -0.1) is 0 Å². The minimum Gasteiger partial charge on any atom is -0.338 e. The summed E-state index contributed by atoms with van der Waals surface area (Å²) in [5, 5.41) is 14.3. The highest BCUT2D eigenvalue weighted by molar-refractivity contribution is 5.93. The van der Waals surface area contributed by atoms with Gasteiger partial charge in [0.2, 0.25) is 0 Å². The molecule has 3 aromatic heterocycles. The number of H-pyrrole nitrogens is 1. The molecule has 0 saturated carbocycles. The molecule has 1 amide bonds. The molecule has 4 rings (SSSR count). The van der Waals surface area contributed by atoms with E-state index >= 15 is 0 Å². The summed E-state index contributed by atoms with van der Waals surface area (Å²) < 4.78 is 1.75. The van der Waals surface area contributed by atoms with E-state index in [0.717, 1.165) is 11.3 Å². The third-order valence-electron chi connectivity index (χ3n) is 4.31. The number of aromatic amines is 1. The Hall–Kier alpha value is -3.74. The quantitative estimate of drug-likeness (QED) is 0.574. The molecule has 7 heteroatoms. The van der Waals surface area contributed by atoms with Gasteiger partial charge in [-0.25, -0.2) is 0 Å². The number of hydrogen-bond acceptors (Lipinski definition) is 4. The maximum atomic E-state index is 12.8. The van der Waals surface area contributed by atoms with Crippen LogP contribution in [0, 0.1) is 0 Å². The molecule has 0 aliphatic carbocycles. The molecule has 0 radical (unpaired) electrons. The van der Waals surface area contributed by atoms with Gasteiger partial charge in [0, 0.05) is 19.4 Å². The van der Waals surface area contributed by atoms with E-state index in [1.807, 2.05) is 61.6 Å². The molecule has 0 bridgehead atoms. The Morgan fingerprint density at radius 2 is 1.85 bits per heavy atom. The van der Waals surface area contributed by atoms with E-state index in [1.54, 1.807) is 23.1 Å². The lowest BCUT2D eigenvalue weighted by molar-refractivity contribution is 0.0936. The van der Waals surface area contributed by atoms with Gasteiger partial charge in [-0.05, 0) is 29.8 Å². The van der Waals surface area contributed by atoms with Crippen LogP contribution in [0.1, 0.15) is 27.8 Å². The fourth-order valence-electron chi connectivity index (χ4n) is 2.93. The van der Waals surface area contributed by atoms with Crippen LogP contribution in [0.4, 0.5) is 0 Å². The van der Waals surface area contributed by atoms with Gasteiger partial charge in [-0.3, -0.25) is 19.6 Å². The van der Waals surface area contributed by atoms with E-state index in [2.05, 4.69) is 25.6 Å². The molecule has 3 heterocycles. The van der Waals surface area contributed by atoms with Crippen LogP contribution >= 0.6 is 0 Å². The van der Waals surface area contributed by atoms with Crippen molar-refractivity contribution in [3.05, 3.63) is 90.0 Å². The predicted octanol–water partition coefficient (Wildman–Crippen LogP) is 2.72. The maximum absolute atomic E-state index is 12.8. The van der Waals surface area contributed by atoms with Gasteiger partial charge in [0.1, 0.15) is 11.4 Å². The van der Waals surface area contributed by atoms with E-state index in [-0.39, 0.29) is 11.9 Å². The van der Waals surface area contributed by atoms with Crippen molar-refractivity contribution >= 4 is 5.91 Å². The Morgan fingerprint density at radius 3 is 2.56 bits per heavy atom. The topological polar surface area (TPSA) is 88.5 Å². The second kappa shape index (κ2) is 7.25. The molecule has 0 fully saturated rings. The highest BCUT2D eigenvalue weighted by atomic mass is 16.2. The summed E-state index contributed by atoms with van der Waals surface area (Å²) >= 11 is 0. The third kappa shape index (κ3) is 3.48. The molecule has 0 aliphatic rings. The highest BCUT2D eigenvalue weighted by Crippen LogP contribution is 2.22. The average molecular weight is 358 g/mol. The maximum Gasteiger partial charge on any atom is 0.270 e. The molecule has 0 saturated heterocycles. The lowest BCUT2D eigenvalue weighted by Crippen LogP contribution is -2.31. The van der Waals surface area contributed by atoms with Crippen LogP contribution in [-0.2, 0) is 7.05 Å². The number of aromatic nitrogens is 5. The molecule has 2 N–H and O–H groups in total. The average Bonchev–Trinajstić information content (AvgIpc) is 3.37. The Balaban J connectivity index is 1.61. The van der Waals surface area contributed by atoms with Crippen LogP contribution < -0.4 is 5.32 Å². The lowest BCUT2D eigenvalue weighted by atomic mass is 10.0. The zero-order valence-corrected chi connectivity index (χ0v) is 14.7. The Labute approximate surface area is 156 Å². The first-order valence-corrected chi connectivity index (χ1v) is 8.53. The van der Waals surface area contributed by atoms with Gasteiger partial charge in [0.25, 0.3) is 5.91 Å². The van der Waals surface area contributed by atoms with Gasteiger partial charge in [-0.2, -0.15) is 10.2 Å². The predicted molar refractivity (Wildman–Crippen MR) is 101 cm³/mol. The number of carbonyl (C=O) groups is 1. The highest BCUT2D eigenvalue weighted by Gasteiger charge is 2.21. The molecule has 1 aromatic carbocycles. The first kappa shape index (κ1) is 16.7. The van der Waals surface area contributed by atoms with E-state index in [1.165, 1.54) is 0 Å². The van der Waals surface area contributed by atoms with E-state index in [0.29, 0.717) is 17.1 Å². The Kier molecular flexibility index (Phi) is 4.49. The molecule has 27 heavy (non-hydrogen) atoms. The van der Waals surface area contributed by atoms with E-state index in [4.69, 9.17) is 0 Å². The molecular formula is C20H18N6O. The summed E-state index contributed by atoms with van der Waals surface area (Å²) in [4.78, 5) is 17.1. The van der Waals surface area contributed by atoms with Crippen LogP contribution in [0.2, 0.25) is 0 Å². The first-order chi connectivity index (χ1) is 13.2. The molecule has 0 spiro atoms. The Bertz CT molecular complexity index is 1040. The van der Waals surface area contributed by atoms with Crippen molar-refractivity contribution in [2.75, 3.05) is 0 Å². The van der Waals surface area contributed by atoms with E-state index < -0.39 is 0 Å². The standard InChI is InChI=1S/C20H18N6O/c1-26-18(10-12-22-26)19(14-7-3-2-4-8-14)23-20(27)17-13-16(24-25-17)15-9-5-6-11-21-15/h2-13,19H,1H3,(H,23,27)(H,24,25). The number of nitrogens with zero attached hydrogens (tertiary/aromatic N) is 4. The van der Waals surface area contributed by atoms with Crippen molar-refractivity contribution < 1.29 is 4.79 Å². The van der Waals surface area contributed by atoms with Crippen molar-refractivity contribution in [1.82, 2.24) is 30.3 Å². The SMILES string of the molecule is Cn1nccc1C(NC(=O)c1cc(-c2ccccn2)n[nH]1)c1ccccc1. The monoisotopic (exact) mass is 358 g/mol. The van der Waals surface area contributed by atoms with Crippen LogP contribution in [0.3, 0.4) is 0 Å². The molecule has 7 nitrogen and oxygen atoms in total. The van der Waals surface area contributed by atoms with E-state index in [9.17, 15) is 4.79 Å². The summed E-state index contributed by atoms with van der Waals surface area (Å²) in [7, 11) is 1.85. The number of carbonyl (C=O) groups excluding carboxylic acids is 1. The number of hydrogen-bond donors (Lipinski definition) is 2. The third-order valence-corrected chi connectivity index (χ3v) is 4.31. The zero-order chi connectivity index (χ0) is 18.6. The van der Waals surface area contributed by atoms with Crippen LogP contribution in [0.15, 0.2) is 73.1 Å². The van der Waals surface area contributed by atoms with Crippen LogP contribution in [0.25, 0.3) is 11.4 Å². The van der Waals surface area contributed by atoms with Crippen molar-refractivity contribution in [2.24, 2.45) is 7.05 Å². The smallest absolute Gasteiger partial charge is 0.270 e. The minimum absolute atomic E-state index is 0.250. The fourth-order valence-corrected chi connectivity index (χ4v) is 2.93.